The smallest absolute Gasteiger partial charge is 0.0485 e. The lowest BCUT2D eigenvalue weighted by Gasteiger charge is -2.03. The van der Waals surface area contributed by atoms with Gasteiger partial charge in [-0.3, -0.25) is 0 Å². The van der Waals surface area contributed by atoms with E-state index in [1.54, 1.807) is 0 Å². The van der Waals surface area contributed by atoms with Crippen LogP contribution in [0.25, 0.3) is 10.9 Å². The summed E-state index contributed by atoms with van der Waals surface area (Å²) in [6.07, 6.45) is 6.17. The quantitative estimate of drug-likeness (QED) is 0.692. The number of aromatic nitrogens is 1. The molecule has 0 unspecified atom stereocenters. The molecule has 0 spiro atoms. The highest BCUT2D eigenvalue weighted by Crippen LogP contribution is 2.38. The second-order valence-electron chi connectivity index (χ2n) is 4.66. The molecule has 1 aromatic carbocycles. The summed E-state index contributed by atoms with van der Waals surface area (Å²) >= 11 is 0. The standard InChI is InChI=1S/C14H17N/c1-3-11-4-7-14-13(8-11)10(2)9-15(14)12-5-6-12/h4,7-9,12H,3,5-6H2,1-2H3. The zero-order valence-corrected chi connectivity index (χ0v) is 9.46. The lowest BCUT2D eigenvalue weighted by atomic mass is 10.1. The number of benzene rings is 1. The molecule has 78 valence electrons. The molecule has 0 saturated heterocycles. The molecule has 1 aliphatic carbocycles. The van der Waals surface area contributed by atoms with E-state index in [0.29, 0.717) is 0 Å². The SMILES string of the molecule is CCc1ccc2c(c1)c(C)cn2C1CC1. The van der Waals surface area contributed by atoms with E-state index in [1.807, 2.05) is 0 Å². The van der Waals surface area contributed by atoms with E-state index >= 15 is 0 Å². The van der Waals surface area contributed by atoms with E-state index in [2.05, 4.69) is 42.8 Å². The van der Waals surface area contributed by atoms with Crippen LogP contribution in [0.5, 0.6) is 0 Å². The summed E-state index contributed by atoms with van der Waals surface area (Å²) in [5.41, 5.74) is 4.29. The summed E-state index contributed by atoms with van der Waals surface area (Å²) in [5.74, 6) is 0. The van der Waals surface area contributed by atoms with Gasteiger partial charge in [-0.1, -0.05) is 13.0 Å². The van der Waals surface area contributed by atoms with E-state index in [0.717, 1.165) is 12.5 Å². The van der Waals surface area contributed by atoms with Crippen LogP contribution < -0.4 is 0 Å². The lowest BCUT2D eigenvalue weighted by molar-refractivity contribution is 0.773. The molecule has 15 heavy (non-hydrogen) atoms. The molecule has 1 aliphatic rings. The van der Waals surface area contributed by atoms with Crippen LogP contribution in [0.15, 0.2) is 24.4 Å². The second-order valence-corrected chi connectivity index (χ2v) is 4.66. The molecular weight excluding hydrogens is 182 g/mol. The molecule has 1 aromatic heterocycles. The molecule has 0 amide bonds. The minimum absolute atomic E-state index is 0.786. The van der Waals surface area contributed by atoms with Crippen molar-refractivity contribution < 1.29 is 0 Å². The molecule has 1 saturated carbocycles. The van der Waals surface area contributed by atoms with Gasteiger partial charge in [0.2, 0.25) is 0 Å². The molecule has 0 aliphatic heterocycles. The Labute approximate surface area is 90.7 Å². The summed E-state index contributed by atoms with van der Waals surface area (Å²) in [7, 11) is 0. The Bertz CT molecular complexity index is 503. The first-order valence-electron chi connectivity index (χ1n) is 5.89. The van der Waals surface area contributed by atoms with Crippen LogP contribution >= 0.6 is 0 Å². The van der Waals surface area contributed by atoms with Gasteiger partial charge in [-0.25, -0.2) is 0 Å². The molecule has 1 heterocycles. The Morgan fingerprint density at radius 1 is 1.33 bits per heavy atom. The number of rotatable bonds is 2. The monoisotopic (exact) mass is 199 g/mol. The largest absolute Gasteiger partial charge is 0.344 e. The minimum Gasteiger partial charge on any atom is -0.344 e. The zero-order chi connectivity index (χ0) is 10.4. The Hall–Kier alpha value is -1.24. The van der Waals surface area contributed by atoms with E-state index in [4.69, 9.17) is 0 Å². The van der Waals surface area contributed by atoms with Gasteiger partial charge >= 0.3 is 0 Å². The highest BCUT2D eigenvalue weighted by Gasteiger charge is 2.24. The van der Waals surface area contributed by atoms with E-state index in [-0.39, 0.29) is 0 Å². The second kappa shape index (κ2) is 3.13. The number of hydrogen-bond donors (Lipinski definition) is 0. The predicted molar refractivity (Wildman–Crippen MR) is 64.3 cm³/mol. The van der Waals surface area contributed by atoms with Crippen molar-refractivity contribution in [1.29, 1.82) is 0 Å². The Morgan fingerprint density at radius 3 is 2.80 bits per heavy atom. The van der Waals surface area contributed by atoms with Gasteiger partial charge in [-0.2, -0.15) is 0 Å². The molecule has 0 bridgehead atoms. The molecule has 0 atom stereocenters. The van der Waals surface area contributed by atoms with Crippen LogP contribution in [0.3, 0.4) is 0 Å². The van der Waals surface area contributed by atoms with Gasteiger partial charge in [-0.15, -0.1) is 0 Å². The highest BCUT2D eigenvalue weighted by atomic mass is 15.0. The van der Waals surface area contributed by atoms with Crippen LogP contribution in [0, 0.1) is 6.92 Å². The van der Waals surface area contributed by atoms with Crippen molar-refractivity contribution in [3.8, 4) is 0 Å². The third-order valence-corrected chi connectivity index (χ3v) is 3.45. The molecule has 3 rings (SSSR count). The predicted octanol–water partition coefficient (Wildman–Crippen LogP) is 3.85. The lowest BCUT2D eigenvalue weighted by Crippen LogP contribution is -1.90. The van der Waals surface area contributed by atoms with Crippen LogP contribution in [0.1, 0.15) is 36.9 Å². The van der Waals surface area contributed by atoms with Gasteiger partial charge < -0.3 is 4.57 Å². The zero-order valence-electron chi connectivity index (χ0n) is 9.46. The minimum atomic E-state index is 0.786. The van der Waals surface area contributed by atoms with Gasteiger partial charge in [0.25, 0.3) is 0 Å². The van der Waals surface area contributed by atoms with Crippen molar-refractivity contribution in [1.82, 2.24) is 4.57 Å². The van der Waals surface area contributed by atoms with Crippen LogP contribution in [-0.4, -0.2) is 4.57 Å². The first kappa shape index (κ1) is 9.02. The Balaban J connectivity index is 2.23. The van der Waals surface area contributed by atoms with Crippen molar-refractivity contribution in [3.05, 3.63) is 35.5 Å². The number of fused-ring (bicyclic) bond motifs is 1. The highest BCUT2D eigenvalue weighted by molar-refractivity contribution is 5.84. The van der Waals surface area contributed by atoms with Crippen molar-refractivity contribution in [2.75, 3.05) is 0 Å². The third kappa shape index (κ3) is 1.38. The van der Waals surface area contributed by atoms with E-state index < -0.39 is 0 Å². The fourth-order valence-corrected chi connectivity index (χ4v) is 2.35. The molecule has 1 nitrogen and oxygen atoms in total. The third-order valence-electron chi connectivity index (χ3n) is 3.45. The van der Waals surface area contributed by atoms with E-state index in [1.165, 1.54) is 34.9 Å². The molecule has 0 N–H and O–H groups in total. The normalized spacial score (nSPS) is 16.1. The average molecular weight is 199 g/mol. The van der Waals surface area contributed by atoms with Gasteiger partial charge in [0.1, 0.15) is 0 Å². The maximum Gasteiger partial charge on any atom is 0.0485 e. The van der Waals surface area contributed by atoms with Crippen LogP contribution in [-0.2, 0) is 6.42 Å². The fourth-order valence-electron chi connectivity index (χ4n) is 2.35. The van der Waals surface area contributed by atoms with Crippen molar-refractivity contribution in [3.63, 3.8) is 0 Å². The Kier molecular flexibility index (Phi) is 1.88. The number of aryl methyl sites for hydroxylation is 2. The number of nitrogens with zero attached hydrogens (tertiary/aromatic N) is 1. The first-order chi connectivity index (χ1) is 7.29. The molecule has 1 heteroatoms. The number of hydrogen-bond acceptors (Lipinski definition) is 0. The average Bonchev–Trinajstić information content (AvgIpc) is 3.05. The van der Waals surface area contributed by atoms with Crippen molar-refractivity contribution >= 4 is 10.9 Å². The van der Waals surface area contributed by atoms with Gasteiger partial charge in [-0.05, 0) is 49.4 Å². The summed E-state index contributed by atoms with van der Waals surface area (Å²) in [6.45, 7) is 4.44. The first-order valence-corrected chi connectivity index (χ1v) is 5.89. The van der Waals surface area contributed by atoms with Crippen molar-refractivity contribution in [2.24, 2.45) is 0 Å². The van der Waals surface area contributed by atoms with Crippen LogP contribution in [0.2, 0.25) is 0 Å². The summed E-state index contributed by atoms with van der Waals surface area (Å²) in [4.78, 5) is 0. The summed E-state index contributed by atoms with van der Waals surface area (Å²) in [6, 6.07) is 7.69. The fraction of sp³-hybridized carbons (Fsp3) is 0.429. The maximum absolute atomic E-state index is 2.46. The van der Waals surface area contributed by atoms with Gasteiger partial charge in [0.15, 0.2) is 0 Å². The van der Waals surface area contributed by atoms with Crippen LogP contribution in [0.4, 0.5) is 0 Å². The topological polar surface area (TPSA) is 4.93 Å². The van der Waals surface area contributed by atoms with E-state index in [9.17, 15) is 0 Å². The molecule has 0 radical (unpaired) electrons. The van der Waals surface area contributed by atoms with Gasteiger partial charge in [0, 0.05) is 23.1 Å². The summed E-state index contributed by atoms with van der Waals surface area (Å²) in [5, 5.41) is 1.45. The van der Waals surface area contributed by atoms with Crippen molar-refractivity contribution in [2.45, 2.75) is 39.2 Å². The summed E-state index contributed by atoms with van der Waals surface area (Å²) < 4.78 is 2.46. The molecule has 2 aromatic rings. The maximum atomic E-state index is 2.46. The Morgan fingerprint density at radius 2 is 2.13 bits per heavy atom. The molecular formula is C14H17N. The molecule has 1 fully saturated rings. The van der Waals surface area contributed by atoms with Gasteiger partial charge in [0.05, 0.1) is 0 Å².